The standard InChI is InChI=1S/C24H30N4O5S/c1-24(2,3)23-25-22(26-33-23)18-16-17(10-11-20(18)31-4)34(29,30)28-14-12-27(13-15-28)19-8-6-7-9-21(19)32-5/h6-11,16H,12-15H2,1-5H3. The molecule has 4 rings (SSSR count). The van der Waals surface area contributed by atoms with E-state index in [2.05, 4.69) is 15.0 Å². The molecular weight excluding hydrogens is 456 g/mol. The monoisotopic (exact) mass is 486 g/mol. The maximum Gasteiger partial charge on any atom is 0.243 e. The summed E-state index contributed by atoms with van der Waals surface area (Å²) < 4.78 is 44.8. The van der Waals surface area contributed by atoms with Crippen molar-refractivity contribution in [2.24, 2.45) is 0 Å². The summed E-state index contributed by atoms with van der Waals surface area (Å²) in [5.41, 5.74) is 1.10. The summed E-state index contributed by atoms with van der Waals surface area (Å²) in [7, 11) is -0.570. The van der Waals surface area contributed by atoms with Crippen molar-refractivity contribution in [1.29, 1.82) is 0 Å². The number of rotatable bonds is 6. The van der Waals surface area contributed by atoms with Gasteiger partial charge in [0.15, 0.2) is 0 Å². The van der Waals surface area contributed by atoms with E-state index in [0.29, 0.717) is 49.2 Å². The Labute approximate surface area is 200 Å². The van der Waals surface area contributed by atoms with E-state index in [1.165, 1.54) is 11.4 Å². The first-order chi connectivity index (χ1) is 16.1. The molecule has 0 atom stereocenters. The minimum absolute atomic E-state index is 0.163. The van der Waals surface area contributed by atoms with Crippen molar-refractivity contribution in [3.8, 4) is 22.9 Å². The summed E-state index contributed by atoms with van der Waals surface area (Å²) in [6.45, 7) is 7.73. The second-order valence-electron chi connectivity index (χ2n) is 9.10. The molecule has 182 valence electrons. The Morgan fingerprint density at radius 3 is 2.24 bits per heavy atom. The van der Waals surface area contributed by atoms with Crippen LogP contribution < -0.4 is 14.4 Å². The van der Waals surface area contributed by atoms with Gasteiger partial charge in [-0.2, -0.15) is 9.29 Å². The van der Waals surface area contributed by atoms with Crippen LogP contribution in [0.15, 0.2) is 51.9 Å². The number of sulfonamides is 1. The molecule has 1 fully saturated rings. The quantitative estimate of drug-likeness (QED) is 0.522. The van der Waals surface area contributed by atoms with Crippen molar-refractivity contribution in [2.75, 3.05) is 45.3 Å². The highest BCUT2D eigenvalue weighted by Gasteiger charge is 2.31. The fourth-order valence-electron chi connectivity index (χ4n) is 3.87. The predicted molar refractivity (Wildman–Crippen MR) is 129 cm³/mol. The van der Waals surface area contributed by atoms with Crippen molar-refractivity contribution in [2.45, 2.75) is 31.1 Å². The number of ether oxygens (including phenoxy) is 2. The van der Waals surface area contributed by atoms with Crippen LogP contribution in [0.1, 0.15) is 26.7 Å². The smallest absolute Gasteiger partial charge is 0.243 e. The Hall–Kier alpha value is -3.11. The minimum atomic E-state index is -3.73. The molecule has 2 heterocycles. The van der Waals surface area contributed by atoms with E-state index in [9.17, 15) is 8.42 Å². The van der Waals surface area contributed by atoms with Crippen molar-refractivity contribution < 1.29 is 22.4 Å². The van der Waals surface area contributed by atoms with Gasteiger partial charge in [0.2, 0.25) is 21.7 Å². The molecule has 0 radical (unpaired) electrons. The van der Waals surface area contributed by atoms with Gasteiger partial charge in [-0.3, -0.25) is 0 Å². The summed E-state index contributed by atoms with van der Waals surface area (Å²) in [4.78, 5) is 6.77. The van der Waals surface area contributed by atoms with Crippen molar-refractivity contribution in [1.82, 2.24) is 14.4 Å². The summed E-state index contributed by atoms with van der Waals surface area (Å²) in [5.74, 6) is 2.00. The van der Waals surface area contributed by atoms with Gasteiger partial charge in [-0.15, -0.1) is 0 Å². The van der Waals surface area contributed by atoms with E-state index in [-0.39, 0.29) is 10.3 Å². The maximum atomic E-state index is 13.5. The lowest BCUT2D eigenvalue weighted by atomic mass is 9.97. The van der Waals surface area contributed by atoms with Crippen LogP contribution in [0.2, 0.25) is 0 Å². The lowest BCUT2D eigenvalue weighted by Crippen LogP contribution is -2.48. The van der Waals surface area contributed by atoms with E-state index in [0.717, 1.165) is 11.4 Å². The minimum Gasteiger partial charge on any atom is -0.496 e. The lowest BCUT2D eigenvalue weighted by Gasteiger charge is -2.36. The first-order valence-corrected chi connectivity index (χ1v) is 12.5. The van der Waals surface area contributed by atoms with Gasteiger partial charge in [0.25, 0.3) is 0 Å². The Morgan fingerprint density at radius 1 is 0.941 bits per heavy atom. The molecule has 0 spiro atoms. The van der Waals surface area contributed by atoms with Crippen LogP contribution in [-0.2, 0) is 15.4 Å². The zero-order valence-electron chi connectivity index (χ0n) is 20.1. The van der Waals surface area contributed by atoms with Gasteiger partial charge < -0.3 is 18.9 Å². The number of benzene rings is 2. The highest BCUT2D eigenvalue weighted by Crippen LogP contribution is 2.34. The van der Waals surface area contributed by atoms with Crippen molar-refractivity contribution >= 4 is 15.7 Å². The number of hydrogen-bond donors (Lipinski definition) is 0. The van der Waals surface area contributed by atoms with Crippen LogP contribution >= 0.6 is 0 Å². The number of nitrogens with zero attached hydrogens (tertiary/aromatic N) is 4. The first-order valence-electron chi connectivity index (χ1n) is 11.1. The molecule has 0 saturated carbocycles. The molecule has 0 bridgehead atoms. The number of hydrogen-bond acceptors (Lipinski definition) is 8. The normalized spacial score (nSPS) is 15.4. The molecular formula is C24H30N4O5S. The largest absolute Gasteiger partial charge is 0.496 e. The fraction of sp³-hybridized carbons (Fsp3) is 0.417. The van der Waals surface area contributed by atoms with Crippen LogP contribution in [-0.4, -0.2) is 63.3 Å². The zero-order chi connectivity index (χ0) is 24.5. The first kappa shape index (κ1) is 24.0. The molecule has 0 amide bonds. The van der Waals surface area contributed by atoms with Crippen LogP contribution in [0, 0.1) is 0 Å². The van der Waals surface area contributed by atoms with Crippen molar-refractivity contribution in [3.05, 3.63) is 48.4 Å². The molecule has 34 heavy (non-hydrogen) atoms. The third kappa shape index (κ3) is 4.60. The van der Waals surface area contributed by atoms with Gasteiger partial charge in [0.1, 0.15) is 11.5 Å². The van der Waals surface area contributed by atoms with Crippen molar-refractivity contribution in [3.63, 3.8) is 0 Å². The Kier molecular flexibility index (Phi) is 6.55. The lowest BCUT2D eigenvalue weighted by molar-refractivity contribution is 0.321. The van der Waals surface area contributed by atoms with E-state index in [1.54, 1.807) is 25.3 Å². The summed E-state index contributed by atoms with van der Waals surface area (Å²) >= 11 is 0. The van der Waals surface area contributed by atoms with Crippen LogP contribution in [0.5, 0.6) is 11.5 Å². The molecule has 0 aliphatic carbocycles. The van der Waals surface area contributed by atoms with E-state index >= 15 is 0 Å². The van der Waals surface area contributed by atoms with E-state index in [1.807, 2.05) is 45.0 Å². The zero-order valence-corrected chi connectivity index (χ0v) is 20.9. The third-order valence-electron chi connectivity index (χ3n) is 5.78. The van der Waals surface area contributed by atoms with Gasteiger partial charge in [-0.05, 0) is 30.3 Å². The second kappa shape index (κ2) is 9.27. The molecule has 0 unspecified atom stereocenters. The number of methoxy groups -OCH3 is 2. The van der Waals surface area contributed by atoms with Crippen LogP contribution in [0.4, 0.5) is 5.69 Å². The SMILES string of the molecule is COc1ccc(S(=O)(=O)N2CCN(c3ccccc3OC)CC2)cc1-c1noc(C(C)(C)C)n1. The second-order valence-corrected chi connectivity index (χ2v) is 11.0. The van der Waals surface area contributed by atoms with Gasteiger partial charge >= 0.3 is 0 Å². The Balaban J connectivity index is 1.58. The number of piperazine rings is 1. The van der Waals surface area contributed by atoms with Gasteiger partial charge in [0.05, 0.1) is 30.4 Å². The fourth-order valence-corrected chi connectivity index (χ4v) is 5.32. The molecule has 0 N–H and O–H groups in total. The average Bonchev–Trinajstić information content (AvgIpc) is 3.34. The summed E-state index contributed by atoms with van der Waals surface area (Å²) in [6, 6.07) is 12.5. The van der Waals surface area contributed by atoms with E-state index < -0.39 is 10.0 Å². The molecule has 10 heteroatoms. The number of aromatic nitrogens is 2. The number of para-hydroxylation sites is 2. The molecule has 1 aromatic heterocycles. The number of anilines is 1. The maximum absolute atomic E-state index is 13.5. The molecule has 9 nitrogen and oxygen atoms in total. The van der Waals surface area contributed by atoms with E-state index in [4.69, 9.17) is 14.0 Å². The highest BCUT2D eigenvalue weighted by atomic mass is 32.2. The molecule has 1 saturated heterocycles. The van der Waals surface area contributed by atoms with Gasteiger partial charge in [-0.1, -0.05) is 38.1 Å². The molecule has 1 aliphatic heterocycles. The summed E-state index contributed by atoms with van der Waals surface area (Å²) in [6.07, 6.45) is 0. The molecule has 2 aromatic carbocycles. The Morgan fingerprint density at radius 2 is 1.62 bits per heavy atom. The Bertz CT molecular complexity index is 1260. The predicted octanol–water partition coefficient (Wildman–Crippen LogP) is 3.56. The average molecular weight is 487 g/mol. The summed E-state index contributed by atoms with van der Waals surface area (Å²) in [5, 5.41) is 4.06. The highest BCUT2D eigenvalue weighted by molar-refractivity contribution is 7.89. The molecule has 1 aliphatic rings. The van der Waals surface area contributed by atoms with Crippen LogP contribution in [0.25, 0.3) is 11.4 Å². The molecule has 3 aromatic rings. The topological polar surface area (TPSA) is 98.0 Å². The van der Waals surface area contributed by atoms with Gasteiger partial charge in [0, 0.05) is 31.6 Å². The van der Waals surface area contributed by atoms with Gasteiger partial charge in [-0.25, -0.2) is 8.42 Å². The third-order valence-corrected chi connectivity index (χ3v) is 7.68. The van der Waals surface area contributed by atoms with Crippen LogP contribution in [0.3, 0.4) is 0 Å².